The Morgan fingerprint density at radius 1 is 1.59 bits per heavy atom. The van der Waals surface area contributed by atoms with Crippen LogP contribution in [0.25, 0.3) is 10.9 Å². The Morgan fingerprint density at radius 2 is 2.41 bits per heavy atom. The molecule has 0 saturated carbocycles. The van der Waals surface area contributed by atoms with Crippen LogP contribution in [0.2, 0.25) is 0 Å². The fraction of sp³-hybridized carbons (Fsp3) is 0.250. The van der Waals surface area contributed by atoms with E-state index in [0.29, 0.717) is 5.69 Å². The van der Waals surface area contributed by atoms with Crippen molar-refractivity contribution in [2.24, 2.45) is 5.73 Å². The molecular weight excluding hydrogens is 234 g/mol. The molecule has 0 spiro atoms. The van der Waals surface area contributed by atoms with Crippen LogP contribution >= 0.6 is 11.9 Å². The van der Waals surface area contributed by atoms with Gasteiger partial charge in [-0.05, 0) is 19.1 Å². The highest BCUT2D eigenvalue weighted by atomic mass is 32.2. The summed E-state index contributed by atoms with van der Waals surface area (Å²) in [4.78, 5) is 11.5. The summed E-state index contributed by atoms with van der Waals surface area (Å²) in [6.07, 6.45) is 0. The average molecular weight is 247 g/mol. The monoisotopic (exact) mass is 247 g/mol. The molecule has 3 rings (SSSR count). The van der Waals surface area contributed by atoms with E-state index < -0.39 is 0 Å². The molecule has 1 aromatic carbocycles. The smallest absolute Gasteiger partial charge is 0.265 e. The van der Waals surface area contributed by atoms with Gasteiger partial charge in [0.2, 0.25) is 0 Å². The molecule has 0 aliphatic carbocycles. The normalized spacial score (nSPS) is 18.8. The number of aromatic nitrogens is 1. The van der Waals surface area contributed by atoms with Crippen molar-refractivity contribution in [2.75, 3.05) is 10.5 Å². The molecule has 0 bridgehead atoms. The molecule has 88 valence electrons. The van der Waals surface area contributed by atoms with Crippen molar-refractivity contribution in [2.45, 2.75) is 13.0 Å². The number of nitrogens with two attached hydrogens (primary N) is 1. The van der Waals surface area contributed by atoms with Crippen molar-refractivity contribution in [3.05, 3.63) is 30.0 Å². The Hall–Kier alpha value is -1.62. The fourth-order valence-corrected chi connectivity index (χ4v) is 3.12. The highest BCUT2D eigenvalue weighted by Gasteiger charge is 2.22. The van der Waals surface area contributed by atoms with Crippen molar-refractivity contribution in [1.29, 1.82) is 0 Å². The van der Waals surface area contributed by atoms with Crippen LogP contribution < -0.4 is 10.5 Å². The molecule has 1 aromatic heterocycles. The minimum atomic E-state index is -0.370. The van der Waals surface area contributed by atoms with Gasteiger partial charge in [0.05, 0.1) is 11.2 Å². The van der Waals surface area contributed by atoms with Crippen LogP contribution in [0.15, 0.2) is 24.3 Å². The molecule has 17 heavy (non-hydrogen) atoms. The quantitative estimate of drug-likeness (QED) is 0.761. The van der Waals surface area contributed by atoms with Gasteiger partial charge >= 0.3 is 0 Å². The van der Waals surface area contributed by atoms with Crippen LogP contribution in [0.3, 0.4) is 0 Å². The zero-order valence-electron chi connectivity index (χ0n) is 9.43. The Balaban J connectivity index is 2.41. The first-order valence-corrected chi connectivity index (χ1v) is 6.48. The van der Waals surface area contributed by atoms with Gasteiger partial charge in [0.15, 0.2) is 0 Å². The minimum Gasteiger partial charge on any atom is -0.364 e. The number of anilines is 1. The van der Waals surface area contributed by atoms with E-state index in [1.165, 1.54) is 0 Å². The zero-order valence-corrected chi connectivity index (χ0v) is 10.3. The first kappa shape index (κ1) is 10.5. The highest BCUT2D eigenvalue weighted by Crippen LogP contribution is 2.35. The largest absolute Gasteiger partial charge is 0.364 e. The maximum atomic E-state index is 11.5. The van der Waals surface area contributed by atoms with Crippen molar-refractivity contribution in [1.82, 2.24) is 4.57 Å². The summed E-state index contributed by atoms with van der Waals surface area (Å²) in [6.45, 7) is 2.10. The number of amides is 1. The number of benzene rings is 1. The van der Waals surface area contributed by atoms with Crippen molar-refractivity contribution >= 4 is 34.4 Å². The van der Waals surface area contributed by atoms with Crippen LogP contribution in [0.5, 0.6) is 0 Å². The van der Waals surface area contributed by atoms with Gasteiger partial charge in [-0.2, -0.15) is 0 Å². The minimum absolute atomic E-state index is 0.246. The molecule has 0 radical (unpaired) electrons. The molecular formula is C12H13N3OS. The first-order valence-electron chi connectivity index (χ1n) is 5.50. The van der Waals surface area contributed by atoms with E-state index in [1.54, 1.807) is 11.9 Å². The summed E-state index contributed by atoms with van der Waals surface area (Å²) in [5.74, 6) is 0.532. The number of nitrogens with zero attached hydrogens (tertiary/aromatic N) is 1. The molecule has 1 aliphatic heterocycles. The Bertz CT molecular complexity index is 605. The Labute approximate surface area is 103 Å². The van der Waals surface area contributed by atoms with E-state index in [-0.39, 0.29) is 11.9 Å². The number of carbonyl (C=O) groups is 1. The summed E-state index contributed by atoms with van der Waals surface area (Å²) in [7, 11) is 0. The molecule has 1 unspecified atom stereocenters. The second-order valence-electron chi connectivity index (χ2n) is 4.27. The number of para-hydroxylation sites is 1. The standard InChI is InChI=1S/C12H13N3OS/c1-7-6-17-14-9-4-2-3-8-5-10(12(13)16)15(7)11(8)9/h2-5,7,14H,6H2,1H3,(H2,13,16). The van der Waals surface area contributed by atoms with Crippen LogP contribution in [0.1, 0.15) is 23.5 Å². The third kappa shape index (κ3) is 1.50. The predicted molar refractivity (Wildman–Crippen MR) is 71.2 cm³/mol. The summed E-state index contributed by atoms with van der Waals surface area (Å²) in [5, 5.41) is 1.05. The van der Waals surface area contributed by atoms with E-state index in [0.717, 1.165) is 22.3 Å². The first-order chi connectivity index (χ1) is 8.18. The molecule has 2 heterocycles. The number of hydrogen-bond donors (Lipinski definition) is 2. The van der Waals surface area contributed by atoms with Gasteiger partial charge in [0, 0.05) is 17.2 Å². The van der Waals surface area contributed by atoms with Gasteiger partial charge in [-0.1, -0.05) is 24.1 Å². The Kier molecular flexibility index (Phi) is 2.29. The third-order valence-corrected chi connectivity index (χ3v) is 4.07. The lowest BCUT2D eigenvalue weighted by Gasteiger charge is -2.14. The highest BCUT2D eigenvalue weighted by molar-refractivity contribution is 8.00. The van der Waals surface area contributed by atoms with E-state index in [1.807, 2.05) is 28.8 Å². The van der Waals surface area contributed by atoms with E-state index >= 15 is 0 Å². The molecule has 2 aromatic rings. The van der Waals surface area contributed by atoms with Gasteiger partial charge in [0.25, 0.3) is 5.91 Å². The van der Waals surface area contributed by atoms with Crippen molar-refractivity contribution in [3.63, 3.8) is 0 Å². The topological polar surface area (TPSA) is 60.0 Å². The number of carbonyl (C=O) groups excluding carboxylic acids is 1. The zero-order chi connectivity index (χ0) is 12.0. The molecule has 5 heteroatoms. The van der Waals surface area contributed by atoms with Crippen LogP contribution in [-0.2, 0) is 0 Å². The molecule has 0 saturated heterocycles. The lowest BCUT2D eigenvalue weighted by atomic mass is 10.2. The fourth-order valence-electron chi connectivity index (χ4n) is 2.33. The SMILES string of the molecule is CC1CSNc2cccc3cc(C(N)=O)n1c23. The Morgan fingerprint density at radius 3 is 3.18 bits per heavy atom. The maximum Gasteiger partial charge on any atom is 0.265 e. The van der Waals surface area contributed by atoms with Gasteiger partial charge in [-0.15, -0.1) is 0 Å². The number of rotatable bonds is 1. The third-order valence-electron chi connectivity index (χ3n) is 3.06. The van der Waals surface area contributed by atoms with Gasteiger partial charge in [-0.25, -0.2) is 0 Å². The number of hydrogen-bond acceptors (Lipinski definition) is 3. The maximum absolute atomic E-state index is 11.5. The summed E-state index contributed by atoms with van der Waals surface area (Å²) < 4.78 is 5.36. The second-order valence-corrected chi connectivity index (χ2v) is 5.10. The van der Waals surface area contributed by atoms with Crippen LogP contribution in [0, 0.1) is 0 Å². The van der Waals surface area contributed by atoms with E-state index in [2.05, 4.69) is 11.6 Å². The second kappa shape index (κ2) is 3.70. The molecule has 1 atom stereocenters. The van der Waals surface area contributed by atoms with Crippen LogP contribution in [0.4, 0.5) is 5.69 Å². The molecule has 0 fully saturated rings. The summed E-state index contributed by atoms with van der Waals surface area (Å²) >= 11 is 1.66. The van der Waals surface area contributed by atoms with E-state index in [4.69, 9.17) is 5.73 Å². The average Bonchev–Trinajstić information content (AvgIpc) is 2.60. The van der Waals surface area contributed by atoms with Gasteiger partial charge in [-0.3, -0.25) is 4.79 Å². The molecule has 3 N–H and O–H groups in total. The van der Waals surface area contributed by atoms with E-state index in [9.17, 15) is 4.79 Å². The van der Waals surface area contributed by atoms with Gasteiger partial charge in [0.1, 0.15) is 5.69 Å². The molecule has 1 amide bonds. The summed E-state index contributed by atoms with van der Waals surface area (Å²) in [5.41, 5.74) is 8.16. The number of primary amides is 1. The summed E-state index contributed by atoms with van der Waals surface area (Å²) in [6, 6.07) is 8.13. The van der Waals surface area contributed by atoms with Crippen molar-refractivity contribution in [3.8, 4) is 0 Å². The predicted octanol–water partition coefficient (Wildman–Crippen LogP) is 2.37. The lowest BCUT2D eigenvalue weighted by Crippen LogP contribution is -2.19. The van der Waals surface area contributed by atoms with Gasteiger partial charge < -0.3 is 15.0 Å². The van der Waals surface area contributed by atoms with Crippen molar-refractivity contribution < 1.29 is 4.79 Å². The molecule has 1 aliphatic rings. The number of nitrogens with one attached hydrogen (secondary N) is 1. The van der Waals surface area contributed by atoms with Crippen LogP contribution in [-0.4, -0.2) is 16.2 Å². The lowest BCUT2D eigenvalue weighted by molar-refractivity contribution is 0.0991. The molecule has 4 nitrogen and oxygen atoms in total.